The lowest BCUT2D eigenvalue weighted by Crippen LogP contribution is -2.21. The van der Waals surface area contributed by atoms with Gasteiger partial charge in [0.15, 0.2) is 6.61 Å². The molecule has 12 heteroatoms. The number of ether oxygens (including phenoxy) is 5. The standard InChI is InChI=1S/C25H28N2O10/c1-33-16-12-20(35-3)17(21(13-16)36-4)6-8-22(28)26-15-5-7-19(34-2)18(11-15)27-23(29)14-37-25(32)10-9-24(30)31/h5-8,11-13H,9-10,14H2,1-4H3,(H,26,28)(H,27,29)(H,30,31). The highest BCUT2D eigenvalue weighted by atomic mass is 16.5. The molecule has 0 atom stereocenters. The largest absolute Gasteiger partial charge is 0.496 e. The number of carbonyl (C=O) groups excluding carboxylic acids is 3. The Morgan fingerprint density at radius 3 is 2.05 bits per heavy atom. The second kappa shape index (κ2) is 14.0. The fourth-order valence-electron chi connectivity index (χ4n) is 3.04. The average molecular weight is 517 g/mol. The van der Waals surface area contributed by atoms with Gasteiger partial charge in [-0.25, -0.2) is 0 Å². The summed E-state index contributed by atoms with van der Waals surface area (Å²) in [6.45, 7) is -0.619. The number of hydrogen-bond donors (Lipinski definition) is 3. The van der Waals surface area contributed by atoms with Gasteiger partial charge in [0.25, 0.3) is 5.91 Å². The van der Waals surface area contributed by atoms with Crippen molar-refractivity contribution >= 4 is 41.2 Å². The third-order valence-corrected chi connectivity index (χ3v) is 4.80. The lowest BCUT2D eigenvalue weighted by Gasteiger charge is -2.13. The highest BCUT2D eigenvalue weighted by molar-refractivity contribution is 6.03. The zero-order valence-corrected chi connectivity index (χ0v) is 20.8. The van der Waals surface area contributed by atoms with E-state index in [1.165, 1.54) is 52.7 Å². The van der Waals surface area contributed by atoms with E-state index < -0.39 is 36.8 Å². The smallest absolute Gasteiger partial charge is 0.306 e. The van der Waals surface area contributed by atoms with Gasteiger partial charge < -0.3 is 39.4 Å². The molecule has 12 nitrogen and oxygen atoms in total. The molecular weight excluding hydrogens is 488 g/mol. The zero-order valence-electron chi connectivity index (χ0n) is 20.8. The number of anilines is 2. The molecule has 0 aliphatic heterocycles. The molecule has 0 fully saturated rings. The van der Waals surface area contributed by atoms with Crippen molar-refractivity contribution in [3.63, 3.8) is 0 Å². The molecule has 2 aromatic rings. The first-order chi connectivity index (χ1) is 17.7. The van der Waals surface area contributed by atoms with Crippen molar-refractivity contribution < 1.29 is 48.0 Å². The first-order valence-electron chi connectivity index (χ1n) is 10.8. The topological polar surface area (TPSA) is 159 Å². The van der Waals surface area contributed by atoms with E-state index >= 15 is 0 Å². The van der Waals surface area contributed by atoms with Crippen LogP contribution in [0.5, 0.6) is 23.0 Å². The Labute approximate surface area is 213 Å². The molecule has 37 heavy (non-hydrogen) atoms. The molecule has 0 aliphatic carbocycles. The van der Waals surface area contributed by atoms with Gasteiger partial charge in [-0.1, -0.05) is 0 Å². The maximum absolute atomic E-state index is 12.6. The van der Waals surface area contributed by atoms with Gasteiger partial charge in [-0.15, -0.1) is 0 Å². The Morgan fingerprint density at radius 2 is 1.49 bits per heavy atom. The molecule has 0 spiro atoms. The van der Waals surface area contributed by atoms with E-state index in [-0.39, 0.29) is 12.1 Å². The van der Waals surface area contributed by atoms with Crippen molar-refractivity contribution in [1.82, 2.24) is 0 Å². The monoisotopic (exact) mass is 516 g/mol. The zero-order chi connectivity index (χ0) is 27.4. The van der Waals surface area contributed by atoms with Gasteiger partial charge in [-0.2, -0.15) is 0 Å². The van der Waals surface area contributed by atoms with Crippen molar-refractivity contribution in [2.45, 2.75) is 12.8 Å². The number of aliphatic carboxylic acids is 1. The van der Waals surface area contributed by atoms with Crippen LogP contribution in [0.25, 0.3) is 6.08 Å². The summed E-state index contributed by atoms with van der Waals surface area (Å²) in [6, 6.07) is 7.87. The third-order valence-electron chi connectivity index (χ3n) is 4.80. The fourth-order valence-corrected chi connectivity index (χ4v) is 3.04. The molecule has 0 saturated carbocycles. The summed E-state index contributed by atoms with van der Waals surface area (Å²) in [5.41, 5.74) is 1.09. The molecule has 2 aromatic carbocycles. The summed E-state index contributed by atoms with van der Waals surface area (Å²) in [4.78, 5) is 46.8. The second-order valence-electron chi connectivity index (χ2n) is 7.29. The van der Waals surface area contributed by atoms with Gasteiger partial charge in [-0.3, -0.25) is 19.2 Å². The highest BCUT2D eigenvalue weighted by Crippen LogP contribution is 2.35. The van der Waals surface area contributed by atoms with E-state index in [9.17, 15) is 19.2 Å². The van der Waals surface area contributed by atoms with Crippen LogP contribution in [-0.2, 0) is 23.9 Å². The minimum atomic E-state index is -1.15. The summed E-state index contributed by atoms with van der Waals surface area (Å²) >= 11 is 0. The van der Waals surface area contributed by atoms with Crippen LogP contribution < -0.4 is 29.6 Å². The number of nitrogens with one attached hydrogen (secondary N) is 2. The number of hydrogen-bond acceptors (Lipinski definition) is 9. The van der Waals surface area contributed by atoms with Gasteiger partial charge in [0.2, 0.25) is 5.91 Å². The van der Waals surface area contributed by atoms with Crippen LogP contribution in [0.1, 0.15) is 18.4 Å². The van der Waals surface area contributed by atoms with E-state index in [2.05, 4.69) is 10.6 Å². The highest BCUT2D eigenvalue weighted by Gasteiger charge is 2.14. The number of amides is 2. The van der Waals surface area contributed by atoms with Crippen LogP contribution >= 0.6 is 0 Å². The Kier molecular flexibility index (Phi) is 10.8. The maximum atomic E-state index is 12.6. The van der Waals surface area contributed by atoms with Crippen LogP contribution in [0.4, 0.5) is 11.4 Å². The molecule has 198 valence electrons. The van der Waals surface area contributed by atoms with Gasteiger partial charge in [0, 0.05) is 23.9 Å². The molecule has 2 rings (SSSR count). The van der Waals surface area contributed by atoms with Crippen molar-refractivity contribution in [2.24, 2.45) is 0 Å². The number of carboxylic acids is 1. The first kappa shape index (κ1) is 28.5. The van der Waals surface area contributed by atoms with Crippen molar-refractivity contribution in [1.29, 1.82) is 0 Å². The van der Waals surface area contributed by atoms with E-state index in [1.54, 1.807) is 18.2 Å². The predicted molar refractivity (Wildman–Crippen MR) is 133 cm³/mol. The molecular formula is C25H28N2O10. The lowest BCUT2D eigenvalue weighted by molar-refractivity contribution is -0.149. The van der Waals surface area contributed by atoms with Crippen LogP contribution in [0.2, 0.25) is 0 Å². The summed E-state index contributed by atoms with van der Waals surface area (Å²) in [6.07, 6.45) is 2.06. The fraction of sp³-hybridized carbons (Fsp3) is 0.280. The minimum absolute atomic E-state index is 0.217. The van der Waals surface area contributed by atoms with E-state index in [4.69, 9.17) is 28.8 Å². The van der Waals surface area contributed by atoms with Crippen molar-refractivity contribution in [3.05, 3.63) is 42.0 Å². The molecule has 0 radical (unpaired) electrons. The molecule has 0 unspecified atom stereocenters. The molecule has 0 aliphatic rings. The van der Waals surface area contributed by atoms with Crippen molar-refractivity contribution in [3.8, 4) is 23.0 Å². The minimum Gasteiger partial charge on any atom is -0.496 e. The van der Waals surface area contributed by atoms with Crippen LogP contribution in [0.15, 0.2) is 36.4 Å². The number of benzene rings is 2. The lowest BCUT2D eigenvalue weighted by atomic mass is 10.1. The summed E-state index contributed by atoms with van der Waals surface area (Å²) in [5.74, 6) is -1.41. The quantitative estimate of drug-likeness (QED) is 0.267. The van der Waals surface area contributed by atoms with E-state index in [1.807, 2.05) is 0 Å². The molecule has 0 aromatic heterocycles. The van der Waals surface area contributed by atoms with Crippen molar-refractivity contribution in [2.75, 3.05) is 45.7 Å². The number of methoxy groups -OCH3 is 4. The van der Waals surface area contributed by atoms with Crippen LogP contribution in [0, 0.1) is 0 Å². The van der Waals surface area contributed by atoms with Gasteiger partial charge >= 0.3 is 11.9 Å². The molecule has 3 N–H and O–H groups in total. The second-order valence-corrected chi connectivity index (χ2v) is 7.29. The number of rotatable bonds is 13. The summed E-state index contributed by atoms with van der Waals surface area (Å²) in [7, 11) is 5.87. The van der Waals surface area contributed by atoms with Gasteiger partial charge in [0.1, 0.15) is 23.0 Å². The maximum Gasteiger partial charge on any atom is 0.306 e. The molecule has 2 amide bonds. The SMILES string of the molecule is COc1cc(OC)c(C=CC(=O)Nc2ccc(OC)c(NC(=O)COC(=O)CCC(=O)O)c2)c(OC)c1. The third kappa shape index (κ3) is 8.76. The molecule has 0 heterocycles. The average Bonchev–Trinajstić information content (AvgIpc) is 2.89. The van der Waals surface area contributed by atoms with Gasteiger partial charge in [-0.05, 0) is 24.3 Å². The Hall–Kier alpha value is -4.74. The number of carboxylic acid groups (broad SMARTS) is 1. The molecule has 0 saturated heterocycles. The Balaban J connectivity index is 2.09. The van der Waals surface area contributed by atoms with Crippen LogP contribution in [0.3, 0.4) is 0 Å². The van der Waals surface area contributed by atoms with E-state index in [0.29, 0.717) is 34.2 Å². The predicted octanol–water partition coefficient (Wildman–Crippen LogP) is 2.72. The Morgan fingerprint density at radius 1 is 0.838 bits per heavy atom. The van der Waals surface area contributed by atoms with Gasteiger partial charge in [0.05, 0.1) is 52.5 Å². The Bertz CT molecular complexity index is 1150. The number of esters is 1. The van der Waals surface area contributed by atoms with E-state index in [0.717, 1.165) is 0 Å². The summed E-state index contributed by atoms with van der Waals surface area (Å²) < 4.78 is 25.9. The van der Waals surface area contributed by atoms with Crippen LogP contribution in [-0.4, -0.2) is 63.9 Å². The number of carbonyl (C=O) groups is 4. The summed E-state index contributed by atoms with van der Waals surface area (Å²) in [5, 5.41) is 13.8. The normalized spacial score (nSPS) is 10.4. The molecule has 0 bridgehead atoms. The first-order valence-corrected chi connectivity index (χ1v) is 10.8.